The zero-order valence-corrected chi connectivity index (χ0v) is 14.9. The number of anilines is 1. The summed E-state index contributed by atoms with van der Waals surface area (Å²) in [6.45, 7) is 5.06. The van der Waals surface area contributed by atoms with Gasteiger partial charge in [-0.3, -0.25) is 9.59 Å². The van der Waals surface area contributed by atoms with Crippen LogP contribution < -0.4 is 5.32 Å². The smallest absolute Gasteiger partial charge is 0.335 e. The second kappa shape index (κ2) is 8.80. The van der Waals surface area contributed by atoms with Crippen molar-refractivity contribution in [1.82, 2.24) is 4.90 Å². The minimum absolute atomic E-state index is 0.0509. The Balaban J connectivity index is 2.08. The van der Waals surface area contributed by atoms with Gasteiger partial charge in [-0.2, -0.15) is 0 Å². The maximum atomic E-state index is 12.4. The van der Waals surface area contributed by atoms with Crippen LogP contribution in [0.25, 0.3) is 0 Å². The number of carbonyl (C=O) groups excluding carboxylic acids is 2. The number of aromatic carboxylic acids is 1. The second-order valence-electron chi connectivity index (χ2n) is 5.79. The molecular formula is C20H22N2O4. The van der Waals surface area contributed by atoms with E-state index in [2.05, 4.69) is 5.32 Å². The fraction of sp³-hybridized carbons (Fsp3) is 0.250. The molecular weight excluding hydrogens is 332 g/mol. The van der Waals surface area contributed by atoms with Crippen LogP contribution >= 0.6 is 0 Å². The lowest BCUT2D eigenvalue weighted by molar-refractivity contribution is -0.115. The van der Waals surface area contributed by atoms with Gasteiger partial charge in [0.25, 0.3) is 5.91 Å². The number of hydrogen-bond donors (Lipinski definition) is 2. The van der Waals surface area contributed by atoms with Crippen molar-refractivity contribution in [3.8, 4) is 0 Å². The van der Waals surface area contributed by atoms with Crippen molar-refractivity contribution in [2.24, 2.45) is 0 Å². The van der Waals surface area contributed by atoms with Gasteiger partial charge in [0, 0.05) is 24.3 Å². The molecule has 0 aromatic heterocycles. The fourth-order valence-corrected chi connectivity index (χ4v) is 2.63. The molecule has 0 aliphatic rings. The van der Waals surface area contributed by atoms with Gasteiger partial charge in [-0.15, -0.1) is 0 Å². The summed E-state index contributed by atoms with van der Waals surface area (Å²) in [5.41, 5.74) is 1.79. The number of carboxylic acids is 1. The van der Waals surface area contributed by atoms with Gasteiger partial charge < -0.3 is 15.3 Å². The van der Waals surface area contributed by atoms with Crippen LogP contribution in [0, 0.1) is 0 Å². The summed E-state index contributed by atoms with van der Waals surface area (Å²) >= 11 is 0. The van der Waals surface area contributed by atoms with Gasteiger partial charge in [0.15, 0.2) is 0 Å². The average molecular weight is 354 g/mol. The Bertz CT molecular complexity index is 813. The Kier molecular flexibility index (Phi) is 6.49. The van der Waals surface area contributed by atoms with E-state index in [4.69, 9.17) is 5.11 Å². The summed E-state index contributed by atoms with van der Waals surface area (Å²) in [4.78, 5) is 37.3. The molecule has 2 N–H and O–H groups in total. The number of nitrogens with zero attached hydrogens (tertiary/aromatic N) is 1. The summed E-state index contributed by atoms with van der Waals surface area (Å²) < 4.78 is 0. The fourth-order valence-electron chi connectivity index (χ4n) is 2.63. The molecule has 2 aromatic carbocycles. The van der Waals surface area contributed by atoms with Crippen molar-refractivity contribution >= 4 is 23.5 Å². The molecule has 2 rings (SSSR count). The van der Waals surface area contributed by atoms with Crippen LogP contribution in [0.4, 0.5) is 5.69 Å². The molecule has 136 valence electrons. The lowest BCUT2D eigenvalue weighted by Gasteiger charge is -2.19. The predicted molar refractivity (Wildman–Crippen MR) is 99.4 cm³/mol. The first-order valence-electron chi connectivity index (χ1n) is 8.46. The zero-order valence-electron chi connectivity index (χ0n) is 14.9. The maximum absolute atomic E-state index is 12.4. The van der Waals surface area contributed by atoms with Crippen molar-refractivity contribution in [2.45, 2.75) is 20.3 Å². The van der Waals surface area contributed by atoms with Crippen molar-refractivity contribution in [3.63, 3.8) is 0 Å². The standard InChI is InChI=1S/C20H22N2O4/c1-3-22(4-2)19(24)15-8-6-10-17(13-15)21-18(23)12-14-7-5-9-16(11-14)20(25)26/h5-11,13H,3-4,12H2,1-2H3,(H,21,23)(H,25,26). The Morgan fingerprint density at radius 2 is 1.62 bits per heavy atom. The van der Waals surface area contributed by atoms with Crippen LogP contribution in [-0.4, -0.2) is 40.9 Å². The number of rotatable bonds is 7. The summed E-state index contributed by atoms with van der Waals surface area (Å²) in [5.74, 6) is -1.39. The number of benzene rings is 2. The highest BCUT2D eigenvalue weighted by molar-refractivity contribution is 5.97. The third-order valence-corrected chi connectivity index (χ3v) is 3.98. The Morgan fingerprint density at radius 3 is 2.27 bits per heavy atom. The Hall–Kier alpha value is -3.15. The second-order valence-corrected chi connectivity index (χ2v) is 5.79. The normalized spacial score (nSPS) is 10.2. The number of carboxylic acid groups (broad SMARTS) is 1. The van der Waals surface area contributed by atoms with Crippen molar-refractivity contribution < 1.29 is 19.5 Å². The first-order chi connectivity index (χ1) is 12.4. The molecule has 0 atom stereocenters. The lowest BCUT2D eigenvalue weighted by atomic mass is 10.1. The van der Waals surface area contributed by atoms with E-state index in [0.717, 1.165) is 0 Å². The highest BCUT2D eigenvalue weighted by Crippen LogP contribution is 2.14. The van der Waals surface area contributed by atoms with Crippen LogP contribution in [0.5, 0.6) is 0 Å². The first kappa shape index (κ1) is 19.2. The zero-order chi connectivity index (χ0) is 19.1. The molecule has 0 radical (unpaired) electrons. The van der Waals surface area contributed by atoms with E-state index in [9.17, 15) is 14.4 Å². The van der Waals surface area contributed by atoms with E-state index in [1.54, 1.807) is 41.3 Å². The molecule has 6 nitrogen and oxygen atoms in total. The van der Waals surface area contributed by atoms with E-state index in [-0.39, 0.29) is 23.8 Å². The molecule has 0 bridgehead atoms. The quantitative estimate of drug-likeness (QED) is 0.800. The van der Waals surface area contributed by atoms with Gasteiger partial charge in [0.05, 0.1) is 12.0 Å². The molecule has 0 spiro atoms. The van der Waals surface area contributed by atoms with E-state index >= 15 is 0 Å². The topological polar surface area (TPSA) is 86.7 Å². The van der Waals surface area contributed by atoms with Crippen molar-refractivity contribution in [3.05, 3.63) is 65.2 Å². The molecule has 2 amide bonds. The van der Waals surface area contributed by atoms with Gasteiger partial charge >= 0.3 is 5.97 Å². The highest BCUT2D eigenvalue weighted by atomic mass is 16.4. The molecule has 0 aliphatic carbocycles. The van der Waals surface area contributed by atoms with Crippen LogP contribution in [0.2, 0.25) is 0 Å². The molecule has 0 unspecified atom stereocenters. The van der Waals surface area contributed by atoms with Gasteiger partial charge in [-0.1, -0.05) is 18.2 Å². The average Bonchev–Trinajstić information content (AvgIpc) is 2.63. The minimum atomic E-state index is -1.03. The molecule has 0 heterocycles. The SMILES string of the molecule is CCN(CC)C(=O)c1cccc(NC(=O)Cc2cccc(C(=O)O)c2)c1. The molecule has 0 aliphatic heterocycles. The lowest BCUT2D eigenvalue weighted by Crippen LogP contribution is -2.30. The van der Waals surface area contributed by atoms with Crippen molar-refractivity contribution in [2.75, 3.05) is 18.4 Å². The molecule has 0 fully saturated rings. The Morgan fingerprint density at radius 1 is 0.962 bits per heavy atom. The monoisotopic (exact) mass is 354 g/mol. The number of hydrogen-bond acceptors (Lipinski definition) is 3. The van der Waals surface area contributed by atoms with E-state index in [1.807, 2.05) is 13.8 Å². The van der Waals surface area contributed by atoms with Crippen LogP contribution in [-0.2, 0) is 11.2 Å². The minimum Gasteiger partial charge on any atom is -0.478 e. The van der Waals surface area contributed by atoms with Crippen LogP contribution in [0.1, 0.15) is 40.1 Å². The van der Waals surface area contributed by atoms with E-state index in [1.165, 1.54) is 12.1 Å². The van der Waals surface area contributed by atoms with Gasteiger partial charge in [-0.25, -0.2) is 4.79 Å². The Labute approximate surface area is 152 Å². The van der Waals surface area contributed by atoms with E-state index in [0.29, 0.717) is 29.9 Å². The first-order valence-corrected chi connectivity index (χ1v) is 8.46. The molecule has 0 saturated carbocycles. The predicted octanol–water partition coefficient (Wildman–Crippen LogP) is 3.05. The third kappa shape index (κ3) is 4.92. The maximum Gasteiger partial charge on any atom is 0.335 e. The molecule has 6 heteroatoms. The van der Waals surface area contributed by atoms with Gasteiger partial charge in [0.1, 0.15) is 0 Å². The summed E-state index contributed by atoms with van der Waals surface area (Å²) in [6, 6.07) is 13.1. The van der Waals surface area contributed by atoms with Crippen molar-refractivity contribution in [1.29, 1.82) is 0 Å². The molecule has 2 aromatic rings. The molecule has 26 heavy (non-hydrogen) atoms. The number of amides is 2. The summed E-state index contributed by atoms with van der Waals surface area (Å²) in [5, 5.41) is 11.8. The molecule has 0 saturated heterocycles. The van der Waals surface area contributed by atoms with E-state index < -0.39 is 5.97 Å². The van der Waals surface area contributed by atoms with Gasteiger partial charge in [-0.05, 0) is 49.7 Å². The summed E-state index contributed by atoms with van der Waals surface area (Å²) in [7, 11) is 0. The highest BCUT2D eigenvalue weighted by Gasteiger charge is 2.13. The third-order valence-electron chi connectivity index (χ3n) is 3.98. The number of nitrogens with one attached hydrogen (secondary N) is 1. The largest absolute Gasteiger partial charge is 0.478 e. The number of carbonyl (C=O) groups is 3. The van der Waals surface area contributed by atoms with Crippen LogP contribution in [0.3, 0.4) is 0 Å². The summed E-state index contributed by atoms with van der Waals surface area (Å²) in [6.07, 6.45) is 0.0509. The van der Waals surface area contributed by atoms with Gasteiger partial charge in [0.2, 0.25) is 5.91 Å². The van der Waals surface area contributed by atoms with Crippen LogP contribution in [0.15, 0.2) is 48.5 Å².